The van der Waals surface area contributed by atoms with Crippen molar-refractivity contribution in [2.45, 2.75) is 51.1 Å². The number of nitrogens with zero attached hydrogens (tertiary/aromatic N) is 2. The molecule has 3 rings (SSSR count). The Balaban J connectivity index is 1.62. The van der Waals surface area contributed by atoms with Crippen LogP contribution < -0.4 is 5.32 Å². The molecule has 100 valence electrons. The fraction of sp³-hybridized carbons (Fsp3) is 0.786. The van der Waals surface area contributed by atoms with Gasteiger partial charge >= 0.3 is 0 Å². The molecular weight excluding hydrogens is 226 g/mol. The van der Waals surface area contributed by atoms with E-state index in [2.05, 4.69) is 22.1 Å². The molecule has 1 saturated heterocycles. The molecule has 2 aliphatic rings. The van der Waals surface area contributed by atoms with Crippen molar-refractivity contribution >= 4 is 0 Å². The van der Waals surface area contributed by atoms with Crippen LogP contribution in [-0.4, -0.2) is 35.1 Å². The molecule has 1 saturated carbocycles. The first-order chi connectivity index (χ1) is 8.80. The first-order valence-electron chi connectivity index (χ1n) is 7.21. The van der Waals surface area contributed by atoms with Crippen LogP contribution in [-0.2, 0) is 13.0 Å². The molecule has 1 aliphatic carbocycles. The van der Waals surface area contributed by atoms with Gasteiger partial charge in [-0.1, -0.05) is 19.8 Å². The molecule has 1 aliphatic heterocycles. The zero-order chi connectivity index (χ0) is 12.4. The van der Waals surface area contributed by atoms with E-state index in [0.29, 0.717) is 5.54 Å². The van der Waals surface area contributed by atoms with Gasteiger partial charge in [0.15, 0.2) is 0 Å². The molecule has 0 bridgehead atoms. The number of hydrogen-bond donors (Lipinski definition) is 1. The van der Waals surface area contributed by atoms with Gasteiger partial charge in [-0.05, 0) is 12.8 Å². The summed E-state index contributed by atoms with van der Waals surface area (Å²) in [6.07, 6.45) is 8.20. The highest BCUT2D eigenvalue weighted by Gasteiger charge is 2.37. The Labute approximate surface area is 109 Å². The minimum absolute atomic E-state index is 0.387. The van der Waals surface area contributed by atoms with E-state index in [0.717, 1.165) is 44.3 Å². The number of aryl methyl sites for hydroxylation is 1. The topological polar surface area (TPSA) is 41.3 Å². The molecule has 2 fully saturated rings. The summed E-state index contributed by atoms with van der Waals surface area (Å²) in [5.41, 5.74) is 0.387. The quantitative estimate of drug-likeness (QED) is 0.889. The SMILES string of the molecule is CCc1cnc(CN2CCNC3(CCCC3)C2)o1. The van der Waals surface area contributed by atoms with Crippen LogP contribution in [0.25, 0.3) is 0 Å². The molecular formula is C14H23N3O. The number of oxazole rings is 1. The van der Waals surface area contributed by atoms with Crippen LogP contribution >= 0.6 is 0 Å². The third-order valence-corrected chi connectivity index (χ3v) is 4.32. The molecule has 1 aromatic heterocycles. The van der Waals surface area contributed by atoms with Crippen LogP contribution in [0.5, 0.6) is 0 Å². The summed E-state index contributed by atoms with van der Waals surface area (Å²) in [5.74, 6) is 1.87. The van der Waals surface area contributed by atoms with Gasteiger partial charge in [0.05, 0.1) is 12.7 Å². The second kappa shape index (κ2) is 5.02. The van der Waals surface area contributed by atoms with Gasteiger partial charge in [-0.15, -0.1) is 0 Å². The van der Waals surface area contributed by atoms with E-state index < -0.39 is 0 Å². The second-order valence-corrected chi connectivity index (χ2v) is 5.70. The number of piperazine rings is 1. The molecule has 4 heteroatoms. The van der Waals surface area contributed by atoms with E-state index in [1.54, 1.807) is 0 Å². The van der Waals surface area contributed by atoms with Gasteiger partial charge in [0.1, 0.15) is 5.76 Å². The van der Waals surface area contributed by atoms with E-state index in [-0.39, 0.29) is 0 Å². The van der Waals surface area contributed by atoms with Crippen LogP contribution in [0, 0.1) is 0 Å². The summed E-state index contributed by atoms with van der Waals surface area (Å²) in [6.45, 7) is 6.32. The standard InChI is InChI=1S/C14H23N3O/c1-2-12-9-15-13(18-12)10-17-8-7-16-14(11-17)5-3-4-6-14/h9,16H,2-8,10-11H2,1H3. The Hall–Kier alpha value is -0.870. The molecule has 18 heavy (non-hydrogen) atoms. The van der Waals surface area contributed by atoms with Gasteiger partial charge in [-0.2, -0.15) is 0 Å². The Morgan fingerprint density at radius 3 is 3.00 bits per heavy atom. The zero-order valence-electron chi connectivity index (χ0n) is 11.2. The smallest absolute Gasteiger partial charge is 0.208 e. The second-order valence-electron chi connectivity index (χ2n) is 5.70. The molecule has 0 aromatic carbocycles. The Kier molecular flexibility index (Phi) is 3.39. The van der Waals surface area contributed by atoms with E-state index in [9.17, 15) is 0 Å². The maximum Gasteiger partial charge on any atom is 0.208 e. The van der Waals surface area contributed by atoms with Crippen molar-refractivity contribution in [1.82, 2.24) is 15.2 Å². The molecule has 0 radical (unpaired) electrons. The Morgan fingerprint density at radius 2 is 2.28 bits per heavy atom. The number of rotatable bonds is 3. The van der Waals surface area contributed by atoms with Crippen molar-refractivity contribution in [3.05, 3.63) is 17.8 Å². The lowest BCUT2D eigenvalue weighted by atomic mass is 9.94. The van der Waals surface area contributed by atoms with Gasteiger partial charge in [-0.3, -0.25) is 4.90 Å². The van der Waals surface area contributed by atoms with Crippen molar-refractivity contribution in [2.24, 2.45) is 0 Å². The fourth-order valence-corrected chi connectivity index (χ4v) is 3.34. The van der Waals surface area contributed by atoms with Gasteiger partial charge < -0.3 is 9.73 Å². The summed E-state index contributed by atoms with van der Waals surface area (Å²) in [5, 5.41) is 3.73. The number of hydrogen-bond acceptors (Lipinski definition) is 4. The first-order valence-corrected chi connectivity index (χ1v) is 7.21. The highest BCUT2D eigenvalue weighted by atomic mass is 16.4. The Bertz CT molecular complexity index is 395. The third kappa shape index (κ3) is 2.45. The summed E-state index contributed by atoms with van der Waals surface area (Å²) < 4.78 is 5.71. The minimum atomic E-state index is 0.387. The summed E-state index contributed by atoms with van der Waals surface area (Å²) in [6, 6.07) is 0. The van der Waals surface area contributed by atoms with E-state index in [4.69, 9.17) is 4.42 Å². The van der Waals surface area contributed by atoms with Crippen LogP contribution in [0.3, 0.4) is 0 Å². The highest BCUT2D eigenvalue weighted by molar-refractivity contribution is 5.00. The molecule has 1 N–H and O–H groups in total. The lowest BCUT2D eigenvalue weighted by Crippen LogP contribution is -2.58. The van der Waals surface area contributed by atoms with E-state index in [1.165, 1.54) is 25.7 Å². The summed E-state index contributed by atoms with van der Waals surface area (Å²) in [7, 11) is 0. The zero-order valence-corrected chi connectivity index (χ0v) is 11.2. The predicted molar refractivity (Wildman–Crippen MR) is 70.4 cm³/mol. The van der Waals surface area contributed by atoms with Crippen molar-refractivity contribution in [3.63, 3.8) is 0 Å². The maximum absolute atomic E-state index is 5.71. The van der Waals surface area contributed by atoms with Crippen LogP contribution in [0.15, 0.2) is 10.6 Å². The molecule has 1 aromatic rings. The minimum Gasteiger partial charge on any atom is -0.444 e. The number of aromatic nitrogens is 1. The van der Waals surface area contributed by atoms with E-state index in [1.807, 2.05) is 6.20 Å². The molecule has 0 atom stereocenters. The van der Waals surface area contributed by atoms with Crippen molar-refractivity contribution < 1.29 is 4.42 Å². The van der Waals surface area contributed by atoms with Crippen molar-refractivity contribution in [1.29, 1.82) is 0 Å². The third-order valence-electron chi connectivity index (χ3n) is 4.32. The van der Waals surface area contributed by atoms with Gasteiger partial charge in [0.2, 0.25) is 5.89 Å². The molecule has 4 nitrogen and oxygen atoms in total. The first kappa shape index (κ1) is 12.2. The van der Waals surface area contributed by atoms with Gasteiger partial charge in [0, 0.05) is 31.6 Å². The number of nitrogens with one attached hydrogen (secondary N) is 1. The lowest BCUT2D eigenvalue weighted by molar-refractivity contribution is 0.119. The normalized spacial score (nSPS) is 23.8. The molecule has 1 spiro atoms. The van der Waals surface area contributed by atoms with Crippen LogP contribution in [0.1, 0.15) is 44.3 Å². The van der Waals surface area contributed by atoms with Crippen LogP contribution in [0.2, 0.25) is 0 Å². The van der Waals surface area contributed by atoms with Crippen LogP contribution in [0.4, 0.5) is 0 Å². The summed E-state index contributed by atoms with van der Waals surface area (Å²) >= 11 is 0. The molecule has 0 amide bonds. The van der Waals surface area contributed by atoms with Crippen molar-refractivity contribution in [3.8, 4) is 0 Å². The Morgan fingerprint density at radius 1 is 1.44 bits per heavy atom. The van der Waals surface area contributed by atoms with Crippen molar-refractivity contribution in [2.75, 3.05) is 19.6 Å². The maximum atomic E-state index is 5.71. The highest BCUT2D eigenvalue weighted by Crippen LogP contribution is 2.32. The summed E-state index contributed by atoms with van der Waals surface area (Å²) in [4.78, 5) is 6.86. The molecule has 0 unspecified atom stereocenters. The molecule has 2 heterocycles. The average molecular weight is 249 g/mol. The predicted octanol–water partition coefficient (Wildman–Crippen LogP) is 1.95. The average Bonchev–Trinajstić information content (AvgIpc) is 2.99. The van der Waals surface area contributed by atoms with Gasteiger partial charge in [0.25, 0.3) is 0 Å². The lowest BCUT2D eigenvalue weighted by Gasteiger charge is -2.41. The monoisotopic (exact) mass is 249 g/mol. The fourth-order valence-electron chi connectivity index (χ4n) is 3.34. The largest absolute Gasteiger partial charge is 0.444 e. The van der Waals surface area contributed by atoms with E-state index >= 15 is 0 Å². The van der Waals surface area contributed by atoms with Gasteiger partial charge in [-0.25, -0.2) is 4.98 Å².